The summed E-state index contributed by atoms with van der Waals surface area (Å²) in [6, 6.07) is 11.7. The molecule has 2 aromatic carbocycles. The molecule has 0 radical (unpaired) electrons. The van der Waals surface area contributed by atoms with Crippen molar-refractivity contribution in [2.75, 3.05) is 7.11 Å². The van der Waals surface area contributed by atoms with E-state index in [-0.39, 0.29) is 22.4 Å². The van der Waals surface area contributed by atoms with Crippen molar-refractivity contribution >= 4 is 34.7 Å². The van der Waals surface area contributed by atoms with Gasteiger partial charge in [-0.1, -0.05) is 29.8 Å². The minimum Gasteiger partial charge on any atom is -0.496 e. The van der Waals surface area contributed by atoms with Gasteiger partial charge in [0.05, 0.1) is 23.5 Å². The maximum atomic E-state index is 12.7. The van der Waals surface area contributed by atoms with Gasteiger partial charge in [-0.05, 0) is 36.4 Å². The maximum Gasteiger partial charge on any atom is 0.293 e. The number of ether oxygens (including phenoxy) is 1. The molecule has 27 heavy (non-hydrogen) atoms. The van der Waals surface area contributed by atoms with Crippen LogP contribution in [0.25, 0.3) is 6.08 Å². The van der Waals surface area contributed by atoms with Crippen LogP contribution >= 0.6 is 11.8 Å². The van der Waals surface area contributed by atoms with Crippen molar-refractivity contribution in [3.05, 3.63) is 74.2 Å². The number of carbonyl (C=O) groups excluding carboxylic acids is 2. The summed E-state index contributed by atoms with van der Waals surface area (Å²) in [6.07, 6.45) is 1.45. The third-order valence-electron chi connectivity index (χ3n) is 4.05. The fourth-order valence-corrected chi connectivity index (χ4v) is 3.43. The molecule has 0 aromatic heterocycles. The van der Waals surface area contributed by atoms with Gasteiger partial charge in [0, 0.05) is 17.7 Å². The number of methoxy groups -OCH3 is 1. The van der Waals surface area contributed by atoms with Crippen LogP contribution in [0.5, 0.6) is 5.75 Å². The Morgan fingerprint density at radius 2 is 1.89 bits per heavy atom. The summed E-state index contributed by atoms with van der Waals surface area (Å²) in [5.41, 5.74) is 2.18. The smallest absolute Gasteiger partial charge is 0.293 e. The van der Waals surface area contributed by atoms with Crippen LogP contribution in [-0.4, -0.2) is 28.1 Å². The standard InChI is InChI=1S/C19H16N2O5S/c1-12-3-5-13(6-4-12)11-20-18(22)17(27-19(20)23)10-14-9-15(21(24)25)7-8-16(14)26-2/h3-10H,11H2,1-2H3/b17-10+. The normalized spacial score (nSPS) is 15.5. The molecule has 1 aliphatic heterocycles. The highest BCUT2D eigenvalue weighted by Gasteiger charge is 2.35. The average molecular weight is 384 g/mol. The van der Waals surface area contributed by atoms with Crippen molar-refractivity contribution in [2.24, 2.45) is 0 Å². The molecule has 0 N–H and O–H groups in total. The highest BCUT2D eigenvalue weighted by atomic mass is 32.2. The van der Waals surface area contributed by atoms with Crippen molar-refractivity contribution in [3.8, 4) is 5.75 Å². The van der Waals surface area contributed by atoms with Gasteiger partial charge in [0.2, 0.25) is 0 Å². The van der Waals surface area contributed by atoms with E-state index in [4.69, 9.17) is 4.74 Å². The SMILES string of the molecule is COc1ccc([N+](=O)[O-])cc1/C=C1/SC(=O)N(Cc2ccc(C)cc2)C1=O. The first kappa shape index (κ1) is 18.7. The number of imide groups is 1. The minimum atomic E-state index is -0.528. The largest absolute Gasteiger partial charge is 0.496 e. The highest BCUT2D eigenvalue weighted by Crippen LogP contribution is 2.35. The molecule has 8 heteroatoms. The lowest BCUT2D eigenvalue weighted by Gasteiger charge is -2.12. The monoisotopic (exact) mass is 384 g/mol. The molecule has 1 fully saturated rings. The van der Waals surface area contributed by atoms with E-state index in [0.717, 1.165) is 27.8 Å². The molecule has 138 valence electrons. The quantitative estimate of drug-likeness (QED) is 0.437. The lowest BCUT2D eigenvalue weighted by molar-refractivity contribution is -0.384. The number of nitro benzene ring substituents is 1. The van der Waals surface area contributed by atoms with Gasteiger partial charge in [0.25, 0.3) is 16.8 Å². The van der Waals surface area contributed by atoms with E-state index in [1.165, 1.54) is 31.4 Å². The van der Waals surface area contributed by atoms with Crippen LogP contribution in [-0.2, 0) is 11.3 Å². The number of amides is 2. The second kappa shape index (κ2) is 7.63. The van der Waals surface area contributed by atoms with Crippen LogP contribution in [0.4, 0.5) is 10.5 Å². The second-order valence-corrected chi connectivity index (χ2v) is 6.93. The van der Waals surface area contributed by atoms with Gasteiger partial charge in [-0.2, -0.15) is 0 Å². The first-order valence-corrected chi connectivity index (χ1v) is 8.84. The third kappa shape index (κ3) is 4.01. The third-order valence-corrected chi connectivity index (χ3v) is 4.95. The molecule has 0 saturated carbocycles. The van der Waals surface area contributed by atoms with Crippen LogP contribution < -0.4 is 4.74 Å². The Bertz CT molecular complexity index is 953. The molecular formula is C19H16N2O5S. The molecule has 1 aliphatic rings. The van der Waals surface area contributed by atoms with E-state index in [2.05, 4.69) is 0 Å². The van der Waals surface area contributed by atoms with Gasteiger partial charge < -0.3 is 4.74 Å². The lowest BCUT2D eigenvalue weighted by Crippen LogP contribution is -2.27. The van der Waals surface area contributed by atoms with Gasteiger partial charge in [-0.15, -0.1) is 0 Å². The molecule has 0 bridgehead atoms. The number of hydrogen-bond donors (Lipinski definition) is 0. The van der Waals surface area contributed by atoms with Gasteiger partial charge in [0.1, 0.15) is 5.75 Å². The molecule has 1 heterocycles. The van der Waals surface area contributed by atoms with E-state index < -0.39 is 10.8 Å². The Labute approximate surface area is 159 Å². The van der Waals surface area contributed by atoms with E-state index in [1.807, 2.05) is 31.2 Å². The molecule has 1 saturated heterocycles. The van der Waals surface area contributed by atoms with Gasteiger partial charge in [0.15, 0.2) is 0 Å². The predicted molar refractivity (Wildman–Crippen MR) is 102 cm³/mol. The van der Waals surface area contributed by atoms with Crippen LogP contribution in [0.15, 0.2) is 47.4 Å². The molecule has 0 atom stereocenters. The summed E-state index contributed by atoms with van der Waals surface area (Å²) < 4.78 is 5.20. The number of carbonyl (C=O) groups is 2. The molecule has 2 aromatic rings. The molecule has 7 nitrogen and oxygen atoms in total. The number of non-ortho nitro benzene ring substituents is 1. The maximum absolute atomic E-state index is 12.7. The number of thioether (sulfide) groups is 1. The first-order chi connectivity index (χ1) is 12.9. The van der Waals surface area contributed by atoms with Crippen molar-refractivity contribution in [1.82, 2.24) is 4.90 Å². The minimum absolute atomic E-state index is 0.124. The van der Waals surface area contributed by atoms with Crippen molar-refractivity contribution in [1.29, 1.82) is 0 Å². The molecular weight excluding hydrogens is 368 g/mol. The molecule has 0 spiro atoms. The van der Waals surface area contributed by atoms with E-state index >= 15 is 0 Å². The Balaban J connectivity index is 1.89. The summed E-state index contributed by atoms with van der Waals surface area (Å²) in [5.74, 6) is -0.0509. The Kier molecular flexibility index (Phi) is 5.27. The predicted octanol–water partition coefficient (Wildman–Crippen LogP) is 4.15. The number of hydrogen-bond acceptors (Lipinski definition) is 6. The number of nitro groups is 1. The Hall–Kier alpha value is -3.13. The zero-order valence-electron chi connectivity index (χ0n) is 14.7. The van der Waals surface area contributed by atoms with E-state index in [0.29, 0.717) is 11.3 Å². The summed E-state index contributed by atoms with van der Waals surface area (Å²) in [6.45, 7) is 2.13. The molecule has 2 amide bonds. The topological polar surface area (TPSA) is 89.8 Å². The van der Waals surface area contributed by atoms with Crippen molar-refractivity contribution in [2.45, 2.75) is 13.5 Å². The zero-order chi connectivity index (χ0) is 19.6. The number of rotatable bonds is 5. The van der Waals surface area contributed by atoms with Gasteiger partial charge in [-0.3, -0.25) is 24.6 Å². The molecule has 0 unspecified atom stereocenters. The Morgan fingerprint density at radius 1 is 1.19 bits per heavy atom. The average Bonchev–Trinajstić information content (AvgIpc) is 2.90. The summed E-state index contributed by atoms with van der Waals surface area (Å²) >= 11 is 0.806. The van der Waals surface area contributed by atoms with E-state index in [1.54, 1.807) is 0 Å². The fourth-order valence-electron chi connectivity index (χ4n) is 2.60. The first-order valence-electron chi connectivity index (χ1n) is 8.02. The molecule has 0 aliphatic carbocycles. The van der Waals surface area contributed by atoms with Crippen molar-refractivity contribution < 1.29 is 19.2 Å². The fraction of sp³-hybridized carbons (Fsp3) is 0.158. The number of nitrogens with zero attached hydrogens (tertiary/aromatic N) is 2. The van der Waals surface area contributed by atoms with Gasteiger partial charge in [-0.25, -0.2) is 0 Å². The second-order valence-electron chi connectivity index (χ2n) is 5.94. The lowest BCUT2D eigenvalue weighted by atomic mass is 10.1. The Morgan fingerprint density at radius 3 is 2.52 bits per heavy atom. The van der Waals surface area contributed by atoms with Crippen LogP contribution in [0, 0.1) is 17.0 Å². The summed E-state index contributed by atoms with van der Waals surface area (Å²) in [7, 11) is 1.43. The molecule has 3 rings (SSSR count). The summed E-state index contributed by atoms with van der Waals surface area (Å²) in [4.78, 5) is 36.8. The number of benzene rings is 2. The summed E-state index contributed by atoms with van der Waals surface area (Å²) in [5, 5.41) is 10.6. The van der Waals surface area contributed by atoms with Crippen molar-refractivity contribution in [3.63, 3.8) is 0 Å². The van der Waals surface area contributed by atoms with Crippen LogP contribution in [0.1, 0.15) is 16.7 Å². The van der Waals surface area contributed by atoms with Gasteiger partial charge >= 0.3 is 0 Å². The highest BCUT2D eigenvalue weighted by molar-refractivity contribution is 8.18. The van der Waals surface area contributed by atoms with Crippen LogP contribution in [0.3, 0.4) is 0 Å². The van der Waals surface area contributed by atoms with Crippen LogP contribution in [0.2, 0.25) is 0 Å². The zero-order valence-corrected chi connectivity index (χ0v) is 15.5. The number of aryl methyl sites for hydroxylation is 1. The van der Waals surface area contributed by atoms with E-state index in [9.17, 15) is 19.7 Å².